The number of thiol groups is 2. The van der Waals surface area contributed by atoms with E-state index in [2.05, 4.69) is 25.3 Å². The summed E-state index contributed by atoms with van der Waals surface area (Å²) in [6, 6.07) is 0. The maximum absolute atomic E-state index is 9.68. The van der Waals surface area contributed by atoms with E-state index in [-0.39, 0.29) is 22.6 Å². The van der Waals surface area contributed by atoms with Crippen molar-refractivity contribution in [2.45, 2.75) is 26.7 Å². The Hall–Kier alpha value is 0.330. The van der Waals surface area contributed by atoms with Crippen molar-refractivity contribution in [3.63, 3.8) is 0 Å². The average Bonchev–Trinajstić information content (AvgIpc) is 1.89. The van der Waals surface area contributed by atoms with E-state index in [1.54, 1.807) is 13.8 Å². The normalized spacial score (nSPS) is 6.91. The molecule has 0 N–H and O–H groups in total. The van der Waals surface area contributed by atoms with Crippen LogP contribution in [0.1, 0.15) is 26.7 Å². The van der Waals surface area contributed by atoms with Crippen molar-refractivity contribution in [1.82, 2.24) is 0 Å². The van der Waals surface area contributed by atoms with Gasteiger partial charge in [0.05, 0.1) is 0 Å². The molecule has 11 heavy (non-hydrogen) atoms. The summed E-state index contributed by atoms with van der Waals surface area (Å²) in [5.74, 6) is 0. The Balaban J connectivity index is -0.000000107. The van der Waals surface area contributed by atoms with Gasteiger partial charge >= 0.3 is 0 Å². The van der Waals surface area contributed by atoms with Crippen molar-refractivity contribution in [3.05, 3.63) is 0 Å². The van der Waals surface area contributed by atoms with E-state index < -0.39 is 0 Å². The third-order valence-electron chi connectivity index (χ3n) is 0.605. The fraction of sp³-hybridized carbons (Fsp3) is 0.667. The predicted octanol–water partition coefficient (Wildman–Crippen LogP) is 2.13. The zero-order valence-corrected chi connectivity index (χ0v) is 9.14. The quantitative estimate of drug-likeness (QED) is 0.694. The number of carbonyl (C=O) groups is 2. The Morgan fingerprint density at radius 2 is 1.09 bits per heavy atom. The zero-order chi connectivity index (χ0) is 8.57. The summed E-state index contributed by atoms with van der Waals surface area (Å²) in [6.07, 6.45) is 1.06. The highest BCUT2D eigenvalue weighted by Crippen LogP contribution is 1.81. The van der Waals surface area contributed by atoms with Crippen LogP contribution in [-0.2, 0) is 9.59 Å². The molecular formula is C6H13ClO2S2. The molecule has 0 aromatic carbocycles. The molecule has 0 saturated carbocycles. The molecule has 2 nitrogen and oxygen atoms in total. The van der Waals surface area contributed by atoms with E-state index in [0.29, 0.717) is 12.8 Å². The van der Waals surface area contributed by atoms with Crippen LogP contribution >= 0.6 is 37.7 Å². The lowest BCUT2D eigenvalue weighted by atomic mass is 10.6. The fourth-order valence-electron chi connectivity index (χ4n) is 0. The lowest BCUT2D eigenvalue weighted by Gasteiger charge is -1.70. The Morgan fingerprint density at radius 3 is 1.09 bits per heavy atom. The predicted molar refractivity (Wildman–Crippen MR) is 55.8 cm³/mol. The second kappa shape index (κ2) is 13.0. The molecule has 0 radical (unpaired) electrons. The molecule has 0 bridgehead atoms. The maximum Gasteiger partial charge on any atom is 0.185 e. The number of halogens is 1. The van der Waals surface area contributed by atoms with E-state index in [0.717, 1.165) is 0 Å². The number of hydrogen-bond acceptors (Lipinski definition) is 2. The van der Waals surface area contributed by atoms with Gasteiger partial charge in [-0.3, -0.25) is 9.59 Å². The number of carbonyl (C=O) groups excluding carboxylic acids is 2. The van der Waals surface area contributed by atoms with Crippen LogP contribution in [0.15, 0.2) is 0 Å². The first-order chi connectivity index (χ1) is 4.54. The van der Waals surface area contributed by atoms with Crippen molar-refractivity contribution in [1.29, 1.82) is 0 Å². The molecule has 68 valence electrons. The van der Waals surface area contributed by atoms with Gasteiger partial charge < -0.3 is 0 Å². The first-order valence-corrected chi connectivity index (χ1v) is 3.87. The van der Waals surface area contributed by atoms with Crippen molar-refractivity contribution in [2.75, 3.05) is 0 Å². The Kier molecular flexibility index (Phi) is 20.5. The first-order valence-electron chi connectivity index (χ1n) is 2.98. The summed E-state index contributed by atoms with van der Waals surface area (Å²) < 4.78 is 0. The maximum atomic E-state index is 9.68. The topological polar surface area (TPSA) is 34.1 Å². The fourth-order valence-corrected chi connectivity index (χ4v) is 0. The van der Waals surface area contributed by atoms with Gasteiger partial charge in [0.1, 0.15) is 0 Å². The summed E-state index contributed by atoms with van der Waals surface area (Å²) in [5.41, 5.74) is 0. The lowest BCUT2D eigenvalue weighted by Crippen LogP contribution is -1.74. The SMILES string of the molecule is CCC(=O)S.CCC(=O)S.Cl. The second-order valence-corrected chi connectivity index (χ2v) is 2.49. The molecule has 0 rings (SSSR count). The van der Waals surface area contributed by atoms with Crippen LogP contribution in [0.5, 0.6) is 0 Å². The van der Waals surface area contributed by atoms with Gasteiger partial charge in [-0.2, -0.15) is 0 Å². The third-order valence-corrected chi connectivity index (χ3v) is 1.24. The van der Waals surface area contributed by atoms with Crippen LogP contribution in [0, 0.1) is 0 Å². The van der Waals surface area contributed by atoms with Crippen LogP contribution in [0.25, 0.3) is 0 Å². The van der Waals surface area contributed by atoms with Gasteiger partial charge in [0, 0.05) is 12.8 Å². The van der Waals surface area contributed by atoms with Gasteiger partial charge in [0.25, 0.3) is 0 Å². The molecule has 0 spiro atoms. The molecule has 0 unspecified atom stereocenters. The molecule has 0 saturated heterocycles. The second-order valence-electron chi connectivity index (χ2n) is 1.49. The van der Waals surface area contributed by atoms with E-state index >= 15 is 0 Å². The van der Waals surface area contributed by atoms with E-state index in [1.807, 2.05) is 0 Å². The zero-order valence-electron chi connectivity index (χ0n) is 6.53. The molecule has 0 aliphatic carbocycles. The molecule has 0 aliphatic rings. The standard InChI is InChI=1S/2C3H6OS.ClH/c2*1-2-3(4)5;/h2*2H2,1H3,(H,4,5);1H. The van der Waals surface area contributed by atoms with Crippen LogP contribution < -0.4 is 0 Å². The molecule has 0 fully saturated rings. The number of hydrogen-bond donors (Lipinski definition) is 2. The van der Waals surface area contributed by atoms with Gasteiger partial charge in [-0.25, -0.2) is 0 Å². The van der Waals surface area contributed by atoms with E-state index in [4.69, 9.17) is 0 Å². The van der Waals surface area contributed by atoms with E-state index in [9.17, 15) is 9.59 Å². The summed E-state index contributed by atoms with van der Waals surface area (Å²) in [4.78, 5) is 19.4. The van der Waals surface area contributed by atoms with E-state index in [1.165, 1.54) is 0 Å². The summed E-state index contributed by atoms with van der Waals surface area (Å²) in [7, 11) is 0. The molecule has 0 atom stereocenters. The van der Waals surface area contributed by atoms with Gasteiger partial charge in [-0.05, 0) is 0 Å². The molecule has 0 heterocycles. The summed E-state index contributed by atoms with van der Waals surface area (Å²) in [6.45, 7) is 3.55. The highest BCUT2D eigenvalue weighted by Gasteiger charge is 1.78. The van der Waals surface area contributed by atoms with Gasteiger partial charge in [-0.1, -0.05) is 13.8 Å². The average molecular weight is 217 g/mol. The van der Waals surface area contributed by atoms with Crippen LogP contribution in [0.3, 0.4) is 0 Å². The van der Waals surface area contributed by atoms with Crippen molar-refractivity contribution >= 4 is 47.9 Å². The minimum atomic E-state index is -0.0509. The van der Waals surface area contributed by atoms with Crippen molar-refractivity contribution in [2.24, 2.45) is 0 Å². The highest BCUT2D eigenvalue weighted by atomic mass is 35.5. The Morgan fingerprint density at radius 1 is 1.00 bits per heavy atom. The lowest BCUT2D eigenvalue weighted by molar-refractivity contribution is -0.111. The van der Waals surface area contributed by atoms with Gasteiger partial charge in [-0.15, -0.1) is 37.7 Å². The molecule has 0 aromatic heterocycles. The van der Waals surface area contributed by atoms with Gasteiger partial charge in [0.15, 0.2) is 10.2 Å². The Bertz CT molecular complexity index is 103. The minimum Gasteiger partial charge on any atom is -0.288 e. The molecule has 5 heteroatoms. The first kappa shape index (κ1) is 17.4. The summed E-state index contributed by atoms with van der Waals surface area (Å²) >= 11 is 6.92. The minimum absolute atomic E-state index is 0. The molecular weight excluding hydrogens is 204 g/mol. The third kappa shape index (κ3) is 38.2. The monoisotopic (exact) mass is 216 g/mol. The number of rotatable bonds is 2. The van der Waals surface area contributed by atoms with Crippen molar-refractivity contribution in [3.8, 4) is 0 Å². The smallest absolute Gasteiger partial charge is 0.185 e. The Labute approximate surface area is 84.4 Å². The van der Waals surface area contributed by atoms with Crippen LogP contribution in [0.4, 0.5) is 0 Å². The molecule has 0 amide bonds. The molecule has 0 aliphatic heterocycles. The van der Waals surface area contributed by atoms with Gasteiger partial charge in [0.2, 0.25) is 0 Å². The summed E-state index contributed by atoms with van der Waals surface area (Å²) in [5, 5.41) is -0.102. The largest absolute Gasteiger partial charge is 0.288 e. The molecule has 0 aromatic rings. The van der Waals surface area contributed by atoms with Crippen LogP contribution in [0.2, 0.25) is 0 Å². The van der Waals surface area contributed by atoms with Crippen LogP contribution in [-0.4, -0.2) is 10.2 Å². The highest BCUT2D eigenvalue weighted by molar-refractivity contribution is 7.96. The van der Waals surface area contributed by atoms with Crippen molar-refractivity contribution < 1.29 is 9.59 Å².